The first kappa shape index (κ1) is 26.0. The van der Waals surface area contributed by atoms with Crippen molar-refractivity contribution < 1.29 is 31.1 Å². The van der Waals surface area contributed by atoms with Gasteiger partial charge in [0.1, 0.15) is 5.82 Å². The number of aromatic nitrogens is 1. The number of fused-ring (bicyclic) bond motifs is 1. The SMILES string of the molecule is CNc1nc2ccccc2c(-c2ccccc2)c1C(=O)NCCc1cc(C(F)(F)F)cc(C(F)(F)F)c1. The molecular weight excluding hydrogens is 496 g/mol. The Morgan fingerprint density at radius 2 is 1.43 bits per heavy atom. The molecule has 0 saturated heterocycles. The summed E-state index contributed by atoms with van der Waals surface area (Å²) in [7, 11) is 1.60. The van der Waals surface area contributed by atoms with Gasteiger partial charge < -0.3 is 10.6 Å². The highest BCUT2D eigenvalue weighted by molar-refractivity contribution is 6.12. The largest absolute Gasteiger partial charge is 0.416 e. The molecule has 0 atom stereocenters. The molecule has 4 aromatic rings. The van der Waals surface area contributed by atoms with Gasteiger partial charge in [-0.1, -0.05) is 48.5 Å². The summed E-state index contributed by atoms with van der Waals surface area (Å²) in [5.74, 6) is -0.280. The van der Waals surface area contributed by atoms with Crippen molar-refractivity contribution in [2.24, 2.45) is 0 Å². The molecule has 0 aliphatic heterocycles. The van der Waals surface area contributed by atoms with Crippen LogP contribution < -0.4 is 10.6 Å². The minimum Gasteiger partial charge on any atom is -0.372 e. The number of carbonyl (C=O) groups excluding carboxylic acids is 1. The van der Waals surface area contributed by atoms with E-state index >= 15 is 0 Å². The van der Waals surface area contributed by atoms with E-state index in [1.54, 1.807) is 13.1 Å². The molecule has 0 aliphatic rings. The number of rotatable bonds is 6. The molecule has 0 bridgehead atoms. The molecular formula is C27H21F6N3O. The van der Waals surface area contributed by atoms with Crippen LogP contribution in [-0.2, 0) is 18.8 Å². The first-order chi connectivity index (χ1) is 17.5. The van der Waals surface area contributed by atoms with E-state index in [0.717, 1.165) is 5.56 Å². The van der Waals surface area contributed by atoms with Crippen LogP contribution in [0.15, 0.2) is 72.8 Å². The number of alkyl halides is 6. The molecule has 1 heterocycles. The number of nitrogens with zero attached hydrogens (tertiary/aromatic N) is 1. The van der Waals surface area contributed by atoms with E-state index in [0.29, 0.717) is 28.6 Å². The zero-order chi connectivity index (χ0) is 26.8. The average molecular weight is 517 g/mol. The van der Waals surface area contributed by atoms with Crippen LogP contribution in [0.25, 0.3) is 22.0 Å². The van der Waals surface area contributed by atoms with Crippen molar-refractivity contribution in [1.29, 1.82) is 0 Å². The predicted molar refractivity (Wildman–Crippen MR) is 129 cm³/mol. The minimum absolute atomic E-state index is 0.0775. The Labute approximate surface area is 208 Å². The van der Waals surface area contributed by atoms with Gasteiger partial charge in [-0.3, -0.25) is 4.79 Å². The van der Waals surface area contributed by atoms with Gasteiger partial charge in [-0.25, -0.2) is 4.98 Å². The van der Waals surface area contributed by atoms with Crippen LogP contribution in [0.5, 0.6) is 0 Å². The molecule has 10 heteroatoms. The van der Waals surface area contributed by atoms with Gasteiger partial charge in [0.05, 0.1) is 22.2 Å². The van der Waals surface area contributed by atoms with Crippen molar-refractivity contribution in [3.8, 4) is 11.1 Å². The number of anilines is 1. The Bertz CT molecular complexity index is 1400. The van der Waals surface area contributed by atoms with Crippen molar-refractivity contribution in [2.75, 3.05) is 18.9 Å². The Kier molecular flexibility index (Phi) is 7.11. The fourth-order valence-corrected chi connectivity index (χ4v) is 4.09. The lowest BCUT2D eigenvalue weighted by Crippen LogP contribution is -2.27. The lowest BCUT2D eigenvalue weighted by molar-refractivity contribution is -0.143. The highest BCUT2D eigenvalue weighted by Crippen LogP contribution is 2.37. The van der Waals surface area contributed by atoms with Crippen molar-refractivity contribution >= 4 is 22.6 Å². The predicted octanol–water partition coefficient (Wildman–Crippen LogP) is 6.95. The van der Waals surface area contributed by atoms with Gasteiger partial charge in [-0.05, 0) is 41.8 Å². The number of para-hydroxylation sites is 1. The first-order valence-corrected chi connectivity index (χ1v) is 11.2. The van der Waals surface area contributed by atoms with E-state index in [4.69, 9.17) is 0 Å². The van der Waals surface area contributed by atoms with Crippen molar-refractivity contribution in [1.82, 2.24) is 10.3 Å². The Morgan fingerprint density at radius 1 is 0.838 bits per heavy atom. The number of benzene rings is 3. The quantitative estimate of drug-likeness (QED) is 0.272. The second-order valence-corrected chi connectivity index (χ2v) is 8.26. The minimum atomic E-state index is -4.94. The maximum Gasteiger partial charge on any atom is 0.416 e. The molecule has 1 amide bonds. The van der Waals surface area contributed by atoms with Crippen LogP contribution in [0.1, 0.15) is 27.0 Å². The van der Waals surface area contributed by atoms with Crippen molar-refractivity contribution in [2.45, 2.75) is 18.8 Å². The summed E-state index contributed by atoms with van der Waals surface area (Å²) in [6.07, 6.45) is -10.1. The number of amides is 1. The molecule has 4 nitrogen and oxygen atoms in total. The van der Waals surface area contributed by atoms with E-state index in [9.17, 15) is 31.1 Å². The van der Waals surface area contributed by atoms with Crippen LogP contribution in [0.3, 0.4) is 0 Å². The summed E-state index contributed by atoms with van der Waals surface area (Å²) in [6, 6.07) is 17.8. The fraction of sp³-hybridized carbons (Fsp3) is 0.185. The number of hydrogen-bond donors (Lipinski definition) is 2. The summed E-state index contributed by atoms with van der Waals surface area (Å²) < 4.78 is 79.0. The zero-order valence-corrected chi connectivity index (χ0v) is 19.5. The number of halogens is 6. The Balaban J connectivity index is 1.67. The summed E-state index contributed by atoms with van der Waals surface area (Å²) in [6.45, 7) is -0.193. The van der Waals surface area contributed by atoms with Crippen molar-refractivity contribution in [3.63, 3.8) is 0 Å². The second-order valence-electron chi connectivity index (χ2n) is 8.26. The summed E-state index contributed by atoms with van der Waals surface area (Å²) in [4.78, 5) is 17.9. The smallest absolute Gasteiger partial charge is 0.372 e. The molecule has 0 unspecified atom stereocenters. The molecule has 3 aromatic carbocycles. The molecule has 192 valence electrons. The van der Waals surface area contributed by atoms with E-state index in [1.807, 2.05) is 48.5 Å². The third kappa shape index (κ3) is 5.68. The topological polar surface area (TPSA) is 54.0 Å². The molecule has 0 spiro atoms. The van der Waals surface area contributed by atoms with E-state index < -0.39 is 29.4 Å². The Hall–Kier alpha value is -4.08. The van der Waals surface area contributed by atoms with Crippen LogP contribution in [0.2, 0.25) is 0 Å². The summed E-state index contributed by atoms with van der Waals surface area (Å²) in [5.41, 5.74) is -0.783. The highest BCUT2D eigenvalue weighted by Gasteiger charge is 2.36. The summed E-state index contributed by atoms with van der Waals surface area (Å²) in [5, 5.41) is 6.26. The maximum atomic E-state index is 13.4. The van der Waals surface area contributed by atoms with Gasteiger partial charge in [0.15, 0.2) is 0 Å². The lowest BCUT2D eigenvalue weighted by Gasteiger charge is -2.17. The zero-order valence-electron chi connectivity index (χ0n) is 19.5. The Morgan fingerprint density at radius 3 is 2.03 bits per heavy atom. The standard InChI is InChI=1S/C27H21F6N3O/c1-34-24-23(22(17-7-3-2-4-8-17)20-9-5-6-10-21(20)36-24)25(37)35-12-11-16-13-18(26(28,29)30)15-19(14-16)27(31,32)33/h2-10,13-15H,11-12H2,1H3,(H,34,36)(H,35,37). The molecule has 2 N–H and O–H groups in total. The monoisotopic (exact) mass is 517 g/mol. The molecule has 0 radical (unpaired) electrons. The fourth-order valence-electron chi connectivity index (χ4n) is 4.09. The van der Waals surface area contributed by atoms with Gasteiger partial charge in [0.2, 0.25) is 0 Å². The van der Waals surface area contributed by atoms with Crippen LogP contribution in [0, 0.1) is 0 Å². The van der Waals surface area contributed by atoms with Crippen molar-refractivity contribution in [3.05, 3.63) is 95.1 Å². The van der Waals surface area contributed by atoms with Gasteiger partial charge >= 0.3 is 12.4 Å². The number of nitrogens with one attached hydrogen (secondary N) is 2. The molecule has 0 aliphatic carbocycles. The van der Waals surface area contributed by atoms with Gasteiger partial charge in [0, 0.05) is 24.5 Å². The second kappa shape index (κ2) is 10.1. The molecule has 4 rings (SSSR count). The molecule has 37 heavy (non-hydrogen) atoms. The first-order valence-electron chi connectivity index (χ1n) is 11.2. The maximum absolute atomic E-state index is 13.4. The third-order valence-electron chi connectivity index (χ3n) is 5.77. The highest BCUT2D eigenvalue weighted by atomic mass is 19.4. The number of pyridine rings is 1. The molecule has 1 aromatic heterocycles. The van der Waals surface area contributed by atoms with Gasteiger partial charge in [0.25, 0.3) is 5.91 Å². The molecule has 0 fully saturated rings. The van der Waals surface area contributed by atoms with Gasteiger partial charge in [-0.15, -0.1) is 0 Å². The third-order valence-corrected chi connectivity index (χ3v) is 5.77. The van der Waals surface area contributed by atoms with E-state index in [-0.39, 0.29) is 36.0 Å². The number of hydrogen-bond acceptors (Lipinski definition) is 3. The molecule has 0 saturated carbocycles. The van der Waals surface area contributed by atoms with Crippen LogP contribution in [0.4, 0.5) is 32.2 Å². The van der Waals surface area contributed by atoms with E-state index in [1.165, 1.54) is 0 Å². The summed E-state index contributed by atoms with van der Waals surface area (Å²) >= 11 is 0. The lowest BCUT2D eigenvalue weighted by atomic mass is 9.95. The number of carbonyl (C=O) groups is 1. The average Bonchev–Trinajstić information content (AvgIpc) is 2.86. The van der Waals surface area contributed by atoms with Crippen LogP contribution in [-0.4, -0.2) is 24.5 Å². The normalized spacial score (nSPS) is 12.0. The van der Waals surface area contributed by atoms with Gasteiger partial charge in [-0.2, -0.15) is 26.3 Å². The van der Waals surface area contributed by atoms with E-state index in [2.05, 4.69) is 15.6 Å². The van der Waals surface area contributed by atoms with Crippen LogP contribution >= 0.6 is 0 Å².